The number of hydrogen-bond acceptors (Lipinski definition) is 3. The molecule has 1 aromatic heterocycles. The standard InChI is InChI=1S/C8H12O3/c1-6-3-4-7(11-6)8(2,10)5-9/h3-4,9-10H,5H2,1-2H3/t8-/m1/s1. The number of aliphatic hydroxyl groups is 2. The van der Waals surface area contributed by atoms with E-state index in [-0.39, 0.29) is 6.61 Å². The molecule has 3 nitrogen and oxygen atoms in total. The second kappa shape index (κ2) is 2.68. The third-order valence-electron chi connectivity index (χ3n) is 1.58. The number of hydrogen-bond donors (Lipinski definition) is 2. The molecule has 0 amide bonds. The molecular formula is C8H12O3. The van der Waals surface area contributed by atoms with E-state index >= 15 is 0 Å². The lowest BCUT2D eigenvalue weighted by molar-refractivity contribution is -0.0200. The topological polar surface area (TPSA) is 53.6 Å². The number of aliphatic hydroxyl groups excluding tert-OH is 1. The summed E-state index contributed by atoms with van der Waals surface area (Å²) in [6.07, 6.45) is 0. The lowest BCUT2D eigenvalue weighted by Gasteiger charge is -2.16. The maximum atomic E-state index is 9.46. The molecule has 3 heteroatoms. The Balaban J connectivity index is 2.92. The van der Waals surface area contributed by atoms with E-state index in [9.17, 15) is 5.11 Å². The fourth-order valence-electron chi connectivity index (χ4n) is 0.802. The smallest absolute Gasteiger partial charge is 0.142 e. The number of aryl methyl sites for hydroxylation is 1. The van der Waals surface area contributed by atoms with Crippen molar-refractivity contribution < 1.29 is 14.6 Å². The van der Waals surface area contributed by atoms with E-state index in [0.717, 1.165) is 5.76 Å². The minimum absolute atomic E-state index is 0.333. The molecule has 0 aromatic carbocycles. The lowest BCUT2D eigenvalue weighted by atomic mass is 10.1. The van der Waals surface area contributed by atoms with Crippen molar-refractivity contribution in [3.05, 3.63) is 23.7 Å². The number of rotatable bonds is 2. The monoisotopic (exact) mass is 156 g/mol. The molecule has 0 saturated heterocycles. The van der Waals surface area contributed by atoms with Gasteiger partial charge in [-0.25, -0.2) is 0 Å². The molecule has 0 aliphatic carbocycles. The van der Waals surface area contributed by atoms with Crippen LogP contribution in [0.5, 0.6) is 0 Å². The van der Waals surface area contributed by atoms with Gasteiger partial charge in [0.05, 0.1) is 6.61 Å². The molecule has 0 radical (unpaired) electrons. The Morgan fingerprint density at radius 3 is 2.55 bits per heavy atom. The van der Waals surface area contributed by atoms with E-state index in [1.807, 2.05) is 0 Å². The van der Waals surface area contributed by atoms with Crippen LogP contribution in [0.2, 0.25) is 0 Å². The van der Waals surface area contributed by atoms with Crippen molar-refractivity contribution in [2.24, 2.45) is 0 Å². The van der Waals surface area contributed by atoms with Crippen LogP contribution in [0, 0.1) is 6.92 Å². The first-order valence-electron chi connectivity index (χ1n) is 3.46. The maximum absolute atomic E-state index is 9.46. The molecule has 0 spiro atoms. The van der Waals surface area contributed by atoms with Gasteiger partial charge in [-0.3, -0.25) is 0 Å². The predicted molar refractivity (Wildman–Crippen MR) is 40.1 cm³/mol. The van der Waals surface area contributed by atoms with Crippen LogP contribution in [-0.4, -0.2) is 16.8 Å². The molecule has 0 aliphatic heterocycles. The van der Waals surface area contributed by atoms with Gasteiger partial charge in [0.1, 0.15) is 17.1 Å². The second-order valence-electron chi connectivity index (χ2n) is 2.84. The summed E-state index contributed by atoms with van der Waals surface area (Å²) < 4.78 is 5.13. The summed E-state index contributed by atoms with van der Waals surface area (Å²) in [5.74, 6) is 1.13. The quantitative estimate of drug-likeness (QED) is 0.665. The lowest BCUT2D eigenvalue weighted by Crippen LogP contribution is -2.24. The fraction of sp³-hybridized carbons (Fsp3) is 0.500. The molecule has 1 heterocycles. The summed E-state index contributed by atoms with van der Waals surface area (Å²) in [5.41, 5.74) is -1.26. The molecule has 62 valence electrons. The summed E-state index contributed by atoms with van der Waals surface area (Å²) in [7, 11) is 0. The molecule has 2 N–H and O–H groups in total. The molecule has 1 aromatic rings. The van der Waals surface area contributed by atoms with Gasteiger partial charge < -0.3 is 14.6 Å². The largest absolute Gasteiger partial charge is 0.463 e. The summed E-state index contributed by atoms with van der Waals surface area (Å²) in [6, 6.07) is 3.41. The van der Waals surface area contributed by atoms with Crippen molar-refractivity contribution in [3.63, 3.8) is 0 Å². The Hall–Kier alpha value is -0.800. The Labute approximate surface area is 65.3 Å². The van der Waals surface area contributed by atoms with Gasteiger partial charge in [0.2, 0.25) is 0 Å². The van der Waals surface area contributed by atoms with Gasteiger partial charge in [0.25, 0.3) is 0 Å². The molecule has 1 atom stereocenters. The van der Waals surface area contributed by atoms with Crippen LogP contribution in [0.3, 0.4) is 0 Å². The van der Waals surface area contributed by atoms with Crippen LogP contribution in [0.4, 0.5) is 0 Å². The molecule has 1 rings (SSSR count). The Morgan fingerprint density at radius 1 is 1.55 bits per heavy atom. The molecule has 0 fully saturated rings. The van der Waals surface area contributed by atoms with Gasteiger partial charge in [0, 0.05) is 0 Å². The van der Waals surface area contributed by atoms with Crippen LogP contribution >= 0.6 is 0 Å². The Morgan fingerprint density at radius 2 is 2.18 bits per heavy atom. The van der Waals surface area contributed by atoms with E-state index in [1.165, 1.54) is 6.92 Å². The Kier molecular flexibility index (Phi) is 2.02. The maximum Gasteiger partial charge on any atom is 0.142 e. The Bertz CT molecular complexity index is 237. The summed E-state index contributed by atoms with van der Waals surface area (Å²) in [5, 5.41) is 18.2. The average Bonchev–Trinajstić information content (AvgIpc) is 2.36. The highest BCUT2D eigenvalue weighted by Crippen LogP contribution is 2.21. The van der Waals surface area contributed by atoms with Crippen LogP contribution in [0.1, 0.15) is 18.4 Å². The summed E-state index contributed by atoms with van der Waals surface area (Å²) in [6.45, 7) is 2.96. The molecule has 0 bridgehead atoms. The third kappa shape index (κ3) is 1.61. The van der Waals surface area contributed by atoms with Crippen LogP contribution < -0.4 is 0 Å². The zero-order valence-corrected chi connectivity index (χ0v) is 6.66. The summed E-state index contributed by atoms with van der Waals surface area (Å²) in [4.78, 5) is 0. The fourth-order valence-corrected chi connectivity index (χ4v) is 0.802. The first-order valence-corrected chi connectivity index (χ1v) is 3.46. The highest BCUT2D eigenvalue weighted by molar-refractivity contribution is 5.12. The minimum atomic E-state index is -1.26. The van der Waals surface area contributed by atoms with Crippen molar-refractivity contribution in [2.45, 2.75) is 19.4 Å². The van der Waals surface area contributed by atoms with Crippen molar-refractivity contribution in [1.29, 1.82) is 0 Å². The normalized spacial score (nSPS) is 16.4. The second-order valence-corrected chi connectivity index (χ2v) is 2.84. The van der Waals surface area contributed by atoms with E-state index in [1.54, 1.807) is 19.1 Å². The van der Waals surface area contributed by atoms with Gasteiger partial charge >= 0.3 is 0 Å². The SMILES string of the molecule is Cc1ccc([C@](C)(O)CO)o1. The van der Waals surface area contributed by atoms with Gasteiger partial charge in [0.15, 0.2) is 0 Å². The van der Waals surface area contributed by atoms with Gasteiger partial charge in [-0.05, 0) is 26.0 Å². The van der Waals surface area contributed by atoms with Crippen molar-refractivity contribution in [3.8, 4) is 0 Å². The first-order chi connectivity index (χ1) is 5.06. The minimum Gasteiger partial charge on any atom is -0.463 e. The van der Waals surface area contributed by atoms with Crippen molar-refractivity contribution in [1.82, 2.24) is 0 Å². The predicted octanol–water partition coefficient (Wildman–Crippen LogP) is 0.788. The third-order valence-corrected chi connectivity index (χ3v) is 1.58. The van der Waals surface area contributed by atoms with E-state index in [4.69, 9.17) is 9.52 Å². The summed E-state index contributed by atoms with van der Waals surface area (Å²) >= 11 is 0. The highest BCUT2D eigenvalue weighted by Gasteiger charge is 2.25. The van der Waals surface area contributed by atoms with Gasteiger partial charge in [-0.15, -0.1) is 0 Å². The van der Waals surface area contributed by atoms with Crippen LogP contribution in [0.15, 0.2) is 16.5 Å². The van der Waals surface area contributed by atoms with Crippen molar-refractivity contribution in [2.75, 3.05) is 6.61 Å². The zero-order chi connectivity index (χ0) is 8.48. The first kappa shape index (κ1) is 8.30. The van der Waals surface area contributed by atoms with Gasteiger partial charge in [-0.1, -0.05) is 0 Å². The van der Waals surface area contributed by atoms with E-state index < -0.39 is 5.60 Å². The van der Waals surface area contributed by atoms with Crippen LogP contribution in [-0.2, 0) is 5.60 Å². The number of furan rings is 1. The zero-order valence-electron chi connectivity index (χ0n) is 6.66. The molecule has 0 unspecified atom stereocenters. The van der Waals surface area contributed by atoms with Crippen molar-refractivity contribution >= 4 is 0 Å². The highest BCUT2D eigenvalue weighted by atomic mass is 16.4. The molecule has 0 aliphatic rings. The average molecular weight is 156 g/mol. The van der Waals surface area contributed by atoms with Gasteiger partial charge in [-0.2, -0.15) is 0 Å². The molecule has 0 saturated carbocycles. The molecule has 11 heavy (non-hydrogen) atoms. The van der Waals surface area contributed by atoms with Crippen LogP contribution in [0.25, 0.3) is 0 Å². The molecular weight excluding hydrogens is 144 g/mol. The van der Waals surface area contributed by atoms with E-state index in [0.29, 0.717) is 5.76 Å². The van der Waals surface area contributed by atoms with E-state index in [2.05, 4.69) is 0 Å².